The van der Waals surface area contributed by atoms with Gasteiger partial charge in [0.15, 0.2) is 6.10 Å². The Labute approximate surface area is 358 Å². The van der Waals surface area contributed by atoms with E-state index in [0.717, 1.165) is 83.5 Å². The van der Waals surface area contributed by atoms with Crippen molar-refractivity contribution >= 4 is 17.9 Å². The number of esters is 3. The van der Waals surface area contributed by atoms with Crippen LogP contribution in [0, 0.1) is 0 Å². The monoisotopic (exact) mass is 811 g/mol. The molecule has 0 aromatic heterocycles. The van der Waals surface area contributed by atoms with E-state index < -0.39 is 6.10 Å². The van der Waals surface area contributed by atoms with Crippen molar-refractivity contribution in [2.45, 2.75) is 239 Å². The first-order chi connectivity index (χ1) is 28.5. The van der Waals surface area contributed by atoms with Crippen LogP contribution in [0.5, 0.6) is 0 Å². The third-order valence-electron chi connectivity index (χ3n) is 10.3. The highest BCUT2D eigenvalue weighted by molar-refractivity contribution is 5.71. The van der Waals surface area contributed by atoms with Gasteiger partial charge < -0.3 is 14.2 Å². The Kier molecular flexibility index (Phi) is 44.5. The van der Waals surface area contributed by atoms with Gasteiger partial charge in [0.25, 0.3) is 0 Å². The molecular weight excluding hydrogens is 721 g/mol. The Balaban J connectivity index is 4.46. The van der Waals surface area contributed by atoms with Crippen LogP contribution in [0.15, 0.2) is 60.8 Å². The van der Waals surface area contributed by atoms with Crippen molar-refractivity contribution in [2.75, 3.05) is 13.2 Å². The van der Waals surface area contributed by atoms with E-state index in [1.165, 1.54) is 103 Å². The third-order valence-corrected chi connectivity index (χ3v) is 10.3. The van der Waals surface area contributed by atoms with Crippen LogP contribution in [0.4, 0.5) is 0 Å². The van der Waals surface area contributed by atoms with Crippen LogP contribution in [-0.2, 0) is 28.6 Å². The minimum Gasteiger partial charge on any atom is -0.462 e. The summed E-state index contributed by atoms with van der Waals surface area (Å²) in [7, 11) is 0. The van der Waals surface area contributed by atoms with Crippen LogP contribution in [0.2, 0.25) is 0 Å². The van der Waals surface area contributed by atoms with E-state index in [1.54, 1.807) is 0 Å². The number of hydrogen-bond donors (Lipinski definition) is 0. The molecule has 0 fully saturated rings. The van der Waals surface area contributed by atoms with Crippen LogP contribution < -0.4 is 0 Å². The molecule has 0 N–H and O–H groups in total. The summed E-state index contributed by atoms with van der Waals surface area (Å²) in [6, 6.07) is 0. The van der Waals surface area contributed by atoms with Crippen LogP contribution in [0.25, 0.3) is 0 Å². The number of carbonyl (C=O) groups is 3. The van der Waals surface area contributed by atoms with Gasteiger partial charge in [0, 0.05) is 19.3 Å². The fraction of sp³-hybridized carbons (Fsp3) is 0.750. The van der Waals surface area contributed by atoms with Gasteiger partial charge in [-0.3, -0.25) is 14.4 Å². The van der Waals surface area contributed by atoms with E-state index >= 15 is 0 Å². The van der Waals surface area contributed by atoms with Gasteiger partial charge in [-0.25, -0.2) is 0 Å². The zero-order valence-electron chi connectivity index (χ0n) is 38.0. The van der Waals surface area contributed by atoms with E-state index in [1.807, 2.05) is 0 Å². The predicted octanol–water partition coefficient (Wildman–Crippen LogP) is 15.7. The van der Waals surface area contributed by atoms with Crippen molar-refractivity contribution in [3.05, 3.63) is 60.8 Å². The van der Waals surface area contributed by atoms with Gasteiger partial charge in [0.05, 0.1) is 0 Å². The van der Waals surface area contributed by atoms with Crippen molar-refractivity contribution in [2.24, 2.45) is 0 Å². The highest BCUT2D eigenvalue weighted by Gasteiger charge is 2.19. The van der Waals surface area contributed by atoms with E-state index in [9.17, 15) is 14.4 Å². The van der Waals surface area contributed by atoms with E-state index in [0.29, 0.717) is 19.3 Å². The SMILES string of the molecule is CC/C=C\C/C=C\C/C=C\C/C=C\CCCCC(=O)O[C@H](COC(=O)CCCCCCC/C=C\CCCCCC)COC(=O)CCCCCCCCCCCCCC. The first kappa shape index (κ1) is 55.1. The number of ether oxygens (including phenoxy) is 3. The van der Waals surface area contributed by atoms with Crippen LogP contribution in [0.3, 0.4) is 0 Å². The van der Waals surface area contributed by atoms with Gasteiger partial charge in [0.2, 0.25) is 0 Å². The van der Waals surface area contributed by atoms with Gasteiger partial charge in [-0.05, 0) is 83.5 Å². The number of rotatable bonds is 43. The van der Waals surface area contributed by atoms with Gasteiger partial charge in [-0.2, -0.15) is 0 Å². The number of carbonyl (C=O) groups excluding carboxylic acids is 3. The topological polar surface area (TPSA) is 78.9 Å². The Hall–Kier alpha value is -2.89. The molecule has 6 nitrogen and oxygen atoms in total. The van der Waals surface area contributed by atoms with E-state index in [4.69, 9.17) is 14.2 Å². The Morgan fingerprint density at radius 3 is 1.12 bits per heavy atom. The minimum absolute atomic E-state index is 0.0920. The van der Waals surface area contributed by atoms with Crippen molar-refractivity contribution in [1.29, 1.82) is 0 Å². The molecule has 0 radical (unpaired) electrons. The number of allylic oxidation sites excluding steroid dienone is 10. The van der Waals surface area contributed by atoms with Crippen molar-refractivity contribution < 1.29 is 28.6 Å². The van der Waals surface area contributed by atoms with Crippen molar-refractivity contribution in [1.82, 2.24) is 0 Å². The predicted molar refractivity (Wildman–Crippen MR) is 247 cm³/mol. The molecule has 0 aromatic rings. The molecule has 58 heavy (non-hydrogen) atoms. The van der Waals surface area contributed by atoms with E-state index in [2.05, 4.69) is 81.5 Å². The zero-order valence-corrected chi connectivity index (χ0v) is 38.0. The first-order valence-corrected chi connectivity index (χ1v) is 24.3. The minimum atomic E-state index is -0.795. The molecule has 0 aliphatic heterocycles. The fourth-order valence-electron chi connectivity index (χ4n) is 6.60. The van der Waals surface area contributed by atoms with Gasteiger partial charge in [-0.1, -0.05) is 191 Å². The average molecular weight is 811 g/mol. The molecule has 0 aromatic carbocycles. The lowest BCUT2D eigenvalue weighted by atomic mass is 10.0. The van der Waals surface area contributed by atoms with Gasteiger partial charge in [0.1, 0.15) is 13.2 Å². The molecule has 0 unspecified atom stereocenters. The second-order valence-corrected chi connectivity index (χ2v) is 16.0. The van der Waals surface area contributed by atoms with Crippen LogP contribution in [-0.4, -0.2) is 37.2 Å². The molecule has 0 amide bonds. The second kappa shape index (κ2) is 46.8. The summed E-state index contributed by atoms with van der Waals surface area (Å²) in [5.74, 6) is -0.942. The maximum absolute atomic E-state index is 12.7. The molecule has 0 rings (SSSR count). The summed E-state index contributed by atoms with van der Waals surface area (Å²) < 4.78 is 16.7. The van der Waals surface area contributed by atoms with Crippen LogP contribution >= 0.6 is 0 Å². The smallest absolute Gasteiger partial charge is 0.306 e. The largest absolute Gasteiger partial charge is 0.462 e. The maximum atomic E-state index is 12.7. The average Bonchev–Trinajstić information content (AvgIpc) is 3.22. The Morgan fingerprint density at radius 2 is 0.672 bits per heavy atom. The summed E-state index contributed by atoms with van der Waals surface area (Å²) in [4.78, 5) is 37.8. The summed E-state index contributed by atoms with van der Waals surface area (Å²) in [5, 5.41) is 0. The summed E-state index contributed by atoms with van der Waals surface area (Å²) in [6.07, 6.45) is 56.3. The van der Waals surface area contributed by atoms with Gasteiger partial charge in [-0.15, -0.1) is 0 Å². The van der Waals surface area contributed by atoms with Gasteiger partial charge >= 0.3 is 17.9 Å². The highest BCUT2D eigenvalue weighted by Crippen LogP contribution is 2.14. The van der Waals surface area contributed by atoms with Crippen molar-refractivity contribution in [3.63, 3.8) is 0 Å². The zero-order chi connectivity index (χ0) is 42.3. The molecule has 0 saturated carbocycles. The van der Waals surface area contributed by atoms with Crippen LogP contribution in [0.1, 0.15) is 233 Å². The lowest BCUT2D eigenvalue weighted by Gasteiger charge is -2.18. The number of unbranched alkanes of at least 4 members (excludes halogenated alkanes) is 22. The first-order valence-electron chi connectivity index (χ1n) is 24.3. The lowest BCUT2D eigenvalue weighted by Crippen LogP contribution is -2.30. The number of hydrogen-bond acceptors (Lipinski definition) is 6. The molecule has 6 heteroatoms. The molecular formula is C52H90O6. The molecule has 0 spiro atoms. The maximum Gasteiger partial charge on any atom is 0.306 e. The molecule has 334 valence electrons. The Bertz CT molecular complexity index is 1070. The molecule has 0 heterocycles. The Morgan fingerprint density at radius 1 is 0.362 bits per heavy atom. The van der Waals surface area contributed by atoms with Crippen molar-refractivity contribution in [3.8, 4) is 0 Å². The summed E-state index contributed by atoms with van der Waals surface area (Å²) >= 11 is 0. The molecule has 0 saturated heterocycles. The summed E-state index contributed by atoms with van der Waals surface area (Å²) in [5.41, 5.74) is 0. The molecule has 1 atom stereocenters. The quantitative estimate of drug-likeness (QED) is 0.0264. The molecule has 0 bridgehead atoms. The molecule has 0 aliphatic rings. The summed E-state index contributed by atoms with van der Waals surface area (Å²) in [6.45, 7) is 6.46. The molecule has 0 aliphatic carbocycles. The van der Waals surface area contributed by atoms with E-state index in [-0.39, 0.29) is 37.5 Å². The third kappa shape index (κ3) is 44.2. The highest BCUT2D eigenvalue weighted by atomic mass is 16.6. The second-order valence-electron chi connectivity index (χ2n) is 16.0. The normalized spacial score (nSPS) is 12.5. The standard InChI is InChI=1S/C52H90O6/c1-4-7-10-13-16-19-22-25-26-28-31-34-37-40-43-46-52(55)58-49(47-56-50(53)44-41-38-35-32-29-24-21-18-15-12-9-6-3)48-57-51(54)45-42-39-36-33-30-27-23-20-17-14-11-8-5-2/h7,10,16,19-20,23,25-26,31,34,49H,4-6,8-9,11-15,17-18,21-22,24,27-30,32-33,35-48H2,1-3H3/b10-7-,19-16-,23-20-,26-25-,34-31-/t49-/m0/s1. The lowest BCUT2D eigenvalue weighted by molar-refractivity contribution is -0.167. The fourth-order valence-corrected chi connectivity index (χ4v) is 6.60.